The van der Waals surface area contributed by atoms with E-state index in [2.05, 4.69) is 30.3 Å². The Kier molecular flexibility index (Phi) is 5.36. The summed E-state index contributed by atoms with van der Waals surface area (Å²) < 4.78 is 10.7. The van der Waals surface area contributed by atoms with Crippen LogP contribution in [0.15, 0.2) is 78.9 Å². The average molecular weight is 341 g/mol. The number of nitriles is 1. The van der Waals surface area contributed by atoms with Crippen LogP contribution in [0.3, 0.4) is 0 Å². The third kappa shape index (κ3) is 3.60. The van der Waals surface area contributed by atoms with Gasteiger partial charge in [0.25, 0.3) is 0 Å². The summed E-state index contributed by atoms with van der Waals surface area (Å²) in [6, 6.07) is 26.2. The molecule has 0 atom stereocenters. The van der Waals surface area contributed by atoms with Crippen molar-refractivity contribution in [3.05, 3.63) is 90.0 Å². The molecule has 0 aliphatic rings. The van der Waals surface area contributed by atoms with Crippen molar-refractivity contribution in [2.45, 2.75) is 0 Å². The topological polar surface area (TPSA) is 42.2 Å². The van der Waals surface area contributed by atoms with E-state index >= 15 is 0 Å². The minimum Gasteiger partial charge on any atom is -0.493 e. The quantitative estimate of drug-likeness (QED) is 0.589. The largest absolute Gasteiger partial charge is 0.493 e. The Bertz CT molecular complexity index is 952. The van der Waals surface area contributed by atoms with Crippen LogP contribution in [0.2, 0.25) is 0 Å². The highest BCUT2D eigenvalue weighted by Crippen LogP contribution is 2.33. The summed E-state index contributed by atoms with van der Waals surface area (Å²) in [6.07, 6.45) is 1.55. The Morgan fingerprint density at radius 1 is 0.769 bits per heavy atom. The second-order valence-electron chi connectivity index (χ2n) is 5.70. The summed E-state index contributed by atoms with van der Waals surface area (Å²) in [5.41, 5.74) is 5.01. The first kappa shape index (κ1) is 17.3. The first-order valence-electron chi connectivity index (χ1n) is 8.25. The molecule has 0 unspecified atom stereocenters. The highest BCUT2D eigenvalue weighted by Gasteiger charge is 2.10. The predicted octanol–water partition coefficient (Wildman–Crippen LogP) is 5.33. The summed E-state index contributed by atoms with van der Waals surface area (Å²) in [6.45, 7) is 0. The SMILES string of the molecule is COc1ccc(/C(=C/C#N)c2ccc(-c3ccccc3)cc2)cc1OC. The van der Waals surface area contributed by atoms with Gasteiger partial charge in [-0.15, -0.1) is 0 Å². The summed E-state index contributed by atoms with van der Waals surface area (Å²) in [5, 5.41) is 9.24. The molecule has 0 radical (unpaired) electrons. The van der Waals surface area contributed by atoms with E-state index in [0.717, 1.165) is 27.8 Å². The van der Waals surface area contributed by atoms with Gasteiger partial charge in [0, 0.05) is 6.08 Å². The van der Waals surface area contributed by atoms with Crippen LogP contribution in [0.25, 0.3) is 16.7 Å². The molecule has 0 spiro atoms. The Morgan fingerprint density at radius 3 is 2.00 bits per heavy atom. The molecule has 0 fully saturated rings. The van der Waals surface area contributed by atoms with E-state index in [1.54, 1.807) is 20.3 Å². The zero-order valence-electron chi connectivity index (χ0n) is 14.8. The summed E-state index contributed by atoms with van der Waals surface area (Å²) in [4.78, 5) is 0. The van der Waals surface area contributed by atoms with Crippen LogP contribution in [-0.2, 0) is 0 Å². The minimum absolute atomic E-state index is 0.634. The summed E-state index contributed by atoms with van der Waals surface area (Å²) >= 11 is 0. The molecule has 0 aromatic heterocycles. The zero-order chi connectivity index (χ0) is 18.4. The molecule has 3 aromatic carbocycles. The van der Waals surface area contributed by atoms with Crippen molar-refractivity contribution in [3.63, 3.8) is 0 Å². The molecule has 0 aliphatic heterocycles. The van der Waals surface area contributed by atoms with E-state index in [0.29, 0.717) is 11.5 Å². The van der Waals surface area contributed by atoms with Gasteiger partial charge in [0.05, 0.1) is 20.3 Å². The van der Waals surface area contributed by atoms with Gasteiger partial charge in [-0.05, 0) is 40.0 Å². The van der Waals surface area contributed by atoms with E-state index in [1.807, 2.05) is 48.5 Å². The fraction of sp³-hybridized carbons (Fsp3) is 0.0870. The first-order valence-corrected chi connectivity index (χ1v) is 8.25. The highest BCUT2D eigenvalue weighted by atomic mass is 16.5. The third-order valence-corrected chi connectivity index (χ3v) is 4.21. The molecular formula is C23H19NO2. The summed E-state index contributed by atoms with van der Waals surface area (Å²) in [5.74, 6) is 1.29. The zero-order valence-corrected chi connectivity index (χ0v) is 14.8. The molecule has 0 saturated carbocycles. The fourth-order valence-electron chi connectivity index (χ4n) is 2.87. The van der Waals surface area contributed by atoms with Crippen molar-refractivity contribution < 1.29 is 9.47 Å². The van der Waals surface area contributed by atoms with Crippen molar-refractivity contribution >= 4 is 5.57 Å². The Balaban J connectivity index is 1.99. The van der Waals surface area contributed by atoms with Gasteiger partial charge in [-0.25, -0.2) is 0 Å². The molecule has 26 heavy (non-hydrogen) atoms. The first-order chi connectivity index (χ1) is 12.8. The second-order valence-corrected chi connectivity index (χ2v) is 5.70. The van der Waals surface area contributed by atoms with E-state index in [9.17, 15) is 5.26 Å². The average Bonchev–Trinajstić information content (AvgIpc) is 2.72. The molecule has 0 saturated heterocycles. The van der Waals surface area contributed by atoms with Crippen molar-refractivity contribution in [1.82, 2.24) is 0 Å². The van der Waals surface area contributed by atoms with Crippen LogP contribution >= 0.6 is 0 Å². The molecule has 3 rings (SSSR count). The Morgan fingerprint density at radius 2 is 1.38 bits per heavy atom. The van der Waals surface area contributed by atoms with Gasteiger partial charge in [-0.3, -0.25) is 0 Å². The van der Waals surface area contributed by atoms with Gasteiger partial charge < -0.3 is 9.47 Å². The molecule has 0 aliphatic carbocycles. The van der Waals surface area contributed by atoms with E-state index < -0.39 is 0 Å². The van der Waals surface area contributed by atoms with Gasteiger partial charge in [-0.1, -0.05) is 60.7 Å². The normalized spacial score (nSPS) is 10.9. The number of allylic oxidation sites excluding steroid dienone is 1. The predicted molar refractivity (Wildman–Crippen MR) is 104 cm³/mol. The molecule has 0 N–H and O–H groups in total. The minimum atomic E-state index is 0.634. The van der Waals surface area contributed by atoms with Crippen LogP contribution in [0, 0.1) is 11.3 Å². The van der Waals surface area contributed by atoms with Crippen LogP contribution < -0.4 is 9.47 Å². The maximum atomic E-state index is 9.24. The van der Waals surface area contributed by atoms with Crippen LogP contribution in [0.1, 0.15) is 11.1 Å². The Labute approximate surface area is 153 Å². The van der Waals surface area contributed by atoms with Crippen molar-refractivity contribution in [1.29, 1.82) is 5.26 Å². The van der Waals surface area contributed by atoms with E-state index in [-0.39, 0.29) is 0 Å². The van der Waals surface area contributed by atoms with Crippen molar-refractivity contribution in [2.75, 3.05) is 14.2 Å². The highest BCUT2D eigenvalue weighted by molar-refractivity contribution is 5.83. The lowest BCUT2D eigenvalue weighted by Gasteiger charge is -2.12. The smallest absolute Gasteiger partial charge is 0.161 e. The lowest BCUT2D eigenvalue weighted by atomic mass is 9.95. The van der Waals surface area contributed by atoms with Gasteiger partial charge in [0.1, 0.15) is 0 Å². The number of hydrogen-bond donors (Lipinski definition) is 0. The monoisotopic (exact) mass is 341 g/mol. The number of benzene rings is 3. The molecule has 3 aromatic rings. The van der Waals surface area contributed by atoms with Gasteiger partial charge in [0.2, 0.25) is 0 Å². The van der Waals surface area contributed by atoms with E-state index in [1.165, 1.54) is 0 Å². The van der Waals surface area contributed by atoms with Crippen molar-refractivity contribution in [3.8, 4) is 28.7 Å². The number of rotatable bonds is 5. The molecule has 128 valence electrons. The molecule has 0 heterocycles. The van der Waals surface area contributed by atoms with Crippen LogP contribution in [0.4, 0.5) is 0 Å². The lowest BCUT2D eigenvalue weighted by molar-refractivity contribution is 0.355. The number of hydrogen-bond acceptors (Lipinski definition) is 3. The number of nitrogens with zero attached hydrogens (tertiary/aromatic N) is 1. The van der Waals surface area contributed by atoms with Gasteiger partial charge in [-0.2, -0.15) is 5.26 Å². The molecule has 0 amide bonds. The van der Waals surface area contributed by atoms with Gasteiger partial charge >= 0.3 is 0 Å². The standard InChI is InChI=1S/C23H19NO2/c1-25-22-13-12-20(16-23(22)26-2)21(14-15-24)19-10-8-18(9-11-19)17-6-4-3-5-7-17/h3-14,16H,1-2H3/b21-14+. The molecule has 3 heteroatoms. The van der Waals surface area contributed by atoms with Crippen molar-refractivity contribution in [2.24, 2.45) is 0 Å². The summed E-state index contributed by atoms with van der Waals surface area (Å²) in [7, 11) is 3.20. The second kappa shape index (κ2) is 8.04. The van der Waals surface area contributed by atoms with E-state index in [4.69, 9.17) is 9.47 Å². The number of ether oxygens (including phenoxy) is 2. The molecular weight excluding hydrogens is 322 g/mol. The Hall–Kier alpha value is -3.51. The number of methoxy groups -OCH3 is 2. The third-order valence-electron chi connectivity index (χ3n) is 4.21. The van der Waals surface area contributed by atoms with Gasteiger partial charge in [0.15, 0.2) is 11.5 Å². The fourth-order valence-corrected chi connectivity index (χ4v) is 2.87. The maximum Gasteiger partial charge on any atom is 0.161 e. The van der Waals surface area contributed by atoms with Crippen LogP contribution in [0.5, 0.6) is 11.5 Å². The molecule has 3 nitrogen and oxygen atoms in total. The lowest BCUT2D eigenvalue weighted by Crippen LogP contribution is -1.94. The maximum absolute atomic E-state index is 9.24. The molecule has 0 bridgehead atoms. The van der Waals surface area contributed by atoms with Crippen LogP contribution in [-0.4, -0.2) is 14.2 Å².